The number of hydrogen-bond acceptors (Lipinski definition) is 6. The van der Waals surface area contributed by atoms with E-state index in [1.54, 1.807) is 12.4 Å². The molecule has 0 spiro atoms. The van der Waals surface area contributed by atoms with Crippen LogP contribution in [0.5, 0.6) is 0 Å². The third-order valence-electron chi connectivity index (χ3n) is 4.41. The van der Waals surface area contributed by atoms with Crippen LogP contribution in [0, 0.1) is 0 Å². The average molecular weight is 354 g/mol. The molecular weight excluding hydrogens is 332 g/mol. The third kappa shape index (κ3) is 3.99. The van der Waals surface area contributed by atoms with Crippen LogP contribution < -0.4 is 10.2 Å². The van der Waals surface area contributed by atoms with Crippen LogP contribution in [0.2, 0.25) is 0 Å². The first-order chi connectivity index (χ1) is 12.7. The van der Waals surface area contributed by atoms with Gasteiger partial charge in [-0.2, -0.15) is 0 Å². The van der Waals surface area contributed by atoms with Crippen LogP contribution in [0.3, 0.4) is 0 Å². The minimum Gasteiger partial charge on any atom is -0.466 e. The van der Waals surface area contributed by atoms with Gasteiger partial charge in [-0.05, 0) is 31.4 Å². The number of nitrogens with one attached hydrogen (secondary N) is 1. The number of fused-ring (bicyclic) bond motifs is 1. The molecule has 1 unspecified atom stereocenters. The second-order valence-electron chi connectivity index (χ2n) is 6.07. The van der Waals surface area contributed by atoms with Crippen molar-refractivity contribution in [3.63, 3.8) is 0 Å². The molecular formula is C19H22N4O3. The number of nitrogens with zero attached hydrogens (tertiary/aromatic N) is 3. The van der Waals surface area contributed by atoms with Crippen molar-refractivity contribution in [2.24, 2.45) is 0 Å². The van der Waals surface area contributed by atoms with Crippen LogP contribution in [0.4, 0.5) is 5.82 Å². The molecule has 136 valence electrons. The highest BCUT2D eigenvalue weighted by atomic mass is 16.5. The molecule has 0 saturated carbocycles. The fraction of sp³-hybridized carbons (Fsp3) is 0.368. The lowest BCUT2D eigenvalue weighted by atomic mass is 10.2. The zero-order valence-electron chi connectivity index (χ0n) is 14.7. The molecule has 7 heteroatoms. The van der Waals surface area contributed by atoms with Crippen molar-refractivity contribution in [3.05, 3.63) is 42.7 Å². The highest BCUT2D eigenvalue weighted by Crippen LogP contribution is 2.29. The van der Waals surface area contributed by atoms with E-state index in [0.717, 1.165) is 36.1 Å². The smallest absolute Gasteiger partial charge is 0.330 e. The lowest BCUT2D eigenvalue weighted by Gasteiger charge is -2.25. The summed E-state index contributed by atoms with van der Waals surface area (Å²) in [4.78, 5) is 34.4. The molecule has 1 aromatic carbocycles. The predicted molar refractivity (Wildman–Crippen MR) is 98.7 cm³/mol. The standard InChI is InChI=1S/C19H22N4O3/c1-26-17(24)10-4-5-11-20-19(25)16-9-6-12-23(16)18-14-7-2-3-8-15(14)21-13-22-18/h2-4,7-8,10,13,16H,5-6,9,11-12H2,1H3,(H,20,25)/b10-4+. The highest BCUT2D eigenvalue weighted by Gasteiger charge is 2.32. The van der Waals surface area contributed by atoms with E-state index in [9.17, 15) is 9.59 Å². The van der Waals surface area contributed by atoms with Crippen molar-refractivity contribution in [2.45, 2.75) is 25.3 Å². The lowest BCUT2D eigenvalue weighted by Crippen LogP contribution is -2.44. The number of para-hydroxylation sites is 1. The van der Waals surface area contributed by atoms with Crippen LogP contribution in [0.15, 0.2) is 42.7 Å². The van der Waals surface area contributed by atoms with Gasteiger partial charge in [-0.3, -0.25) is 4.79 Å². The van der Waals surface area contributed by atoms with E-state index in [4.69, 9.17) is 0 Å². The number of amides is 1. The predicted octanol–water partition coefficient (Wildman–Crippen LogP) is 1.83. The van der Waals surface area contributed by atoms with Gasteiger partial charge in [-0.15, -0.1) is 0 Å². The van der Waals surface area contributed by atoms with Crippen LogP contribution in [-0.2, 0) is 14.3 Å². The van der Waals surface area contributed by atoms with Crippen LogP contribution >= 0.6 is 0 Å². The molecule has 1 aliphatic rings. The van der Waals surface area contributed by atoms with Gasteiger partial charge in [0.1, 0.15) is 18.2 Å². The number of anilines is 1. The molecule has 1 aliphatic heterocycles. The lowest BCUT2D eigenvalue weighted by molar-refractivity contribution is -0.134. The molecule has 0 bridgehead atoms. The Kier molecular flexibility index (Phi) is 5.78. The molecule has 3 rings (SSSR count). The van der Waals surface area contributed by atoms with Crippen LogP contribution in [-0.4, -0.2) is 48.1 Å². The molecule has 1 saturated heterocycles. The fourth-order valence-corrected chi connectivity index (χ4v) is 3.16. The van der Waals surface area contributed by atoms with Crippen LogP contribution in [0.1, 0.15) is 19.3 Å². The number of benzene rings is 1. The van der Waals surface area contributed by atoms with Crippen molar-refractivity contribution in [2.75, 3.05) is 25.1 Å². The summed E-state index contributed by atoms with van der Waals surface area (Å²) in [5, 5.41) is 3.89. The second kappa shape index (κ2) is 8.42. The Balaban J connectivity index is 1.65. The number of methoxy groups -OCH3 is 1. The number of esters is 1. The number of aromatic nitrogens is 2. The van der Waals surface area contributed by atoms with Crippen molar-refractivity contribution < 1.29 is 14.3 Å². The quantitative estimate of drug-likeness (QED) is 0.484. The monoisotopic (exact) mass is 354 g/mol. The van der Waals surface area contributed by atoms with E-state index in [1.807, 2.05) is 24.3 Å². The summed E-state index contributed by atoms with van der Waals surface area (Å²) >= 11 is 0. The first-order valence-electron chi connectivity index (χ1n) is 8.69. The molecule has 2 heterocycles. The molecule has 26 heavy (non-hydrogen) atoms. The molecule has 2 aromatic rings. The van der Waals surface area contributed by atoms with Gasteiger partial charge >= 0.3 is 5.97 Å². The Morgan fingerprint density at radius 2 is 2.19 bits per heavy atom. The van der Waals surface area contributed by atoms with E-state index in [2.05, 4.69) is 24.9 Å². The Hall–Kier alpha value is -2.96. The number of carbonyl (C=O) groups excluding carboxylic acids is 2. The second-order valence-corrected chi connectivity index (χ2v) is 6.07. The van der Waals surface area contributed by atoms with Crippen molar-refractivity contribution in [1.29, 1.82) is 0 Å². The Morgan fingerprint density at radius 1 is 1.35 bits per heavy atom. The molecule has 7 nitrogen and oxygen atoms in total. The Bertz CT molecular complexity index is 816. The van der Waals surface area contributed by atoms with E-state index in [1.165, 1.54) is 13.2 Å². The van der Waals surface area contributed by atoms with Crippen LogP contribution in [0.25, 0.3) is 10.9 Å². The largest absolute Gasteiger partial charge is 0.466 e. The summed E-state index contributed by atoms with van der Waals surface area (Å²) in [7, 11) is 1.33. The maximum absolute atomic E-state index is 12.6. The molecule has 1 amide bonds. The van der Waals surface area contributed by atoms with Gasteiger partial charge in [0.25, 0.3) is 0 Å². The van der Waals surface area contributed by atoms with Gasteiger partial charge in [0.15, 0.2) is 0 Å². The number of hydrogen-bond donors (Lipinski definition) is 1. The molecule has 1 N–H and O–H groups in total. The van der Waals surface area contributed by atoms with Gasteiger partial charge in [0.2, 0.25) is 5.91 Å². The summed E-state index contributed by atoms with van der Waals surface area (Å²) in [6.07, 6.45) is 6.91. The van der Waals surface area contributed by atoms with Crippen molar-refractivity contribution in [3.8, 4) is 0 Å². The summed E-state index contributed by atoms with van der Waals surface area (Å²) in [6, 6.07) is 7.58. The molecule has 1 atom stereocenters. The maximum Gasteiger partial charge on any atom is 0.330 e. The summed E-state index contributed by atoms with van der Waals surface area (Å²) in [5.74, 6) is 0.393. The van der Waals surface area contributed by atoms with E-state index >= 15 is 0 Å². The minimum absolute atomic E-state index is 0.0170. The highest BCUT2D eigenvalue weighted by molar-refractivity contribution is 5.93. The summed E-state index contributed by atoms with van der Waals surface area (Å²) < 4.78 is 4.53. The van der Waals surface area contributed by atoms with Gasteiger partial charge in [-0.1, -0.05) is 18.2 Å². The molecule has 1 aromatic heterocycles. The normalized spacial score (nSPS) is 17.0. The zero-order chi connectivity index (χ0) is 18.4. The molecule has 0 radical (unpaired) electrons. The van der Waals surface area contributed by atoms with Crippen molar-refractivity contribution in [1.82, 2.24) is 15.3 Å². The Morgan fingerprint density at radius 3 is 3.04 bits per heavy atom. The third-order valence-corrected chi connectivity index (χ3v) is 4.41. The van der Waals surface area contributed by atoms with Gasteiger partial charge in [0.05, 0.1) is 12.6 Å². The minimum atomic E-state index is -0.395. The number of rotatable bonds is 6. The molecule has 0 aliphatic carbocycles. The average Bonchev–Trinajstić information content (AvgIpc) is 3.16. The van der Waals surface area contributed by atoms with Gasteiger partial charge < -0.3 is 15.0 Å². The fourth-order valence-electron chi connectivity index (χ4n) is 3.16. The maximum atomic E-state index is 12.6. The summed E-state index contributed by atoms with van der Waals surface area (Å²) in [5.41, 5.74) is 0.872. The topological polar surface area (TPSA) is 84.4 Å². The summed E-state index contributed by atoms with van der Waals surface area (Å²) in [6.45, 7) is 1.27. The number of carbonyl (C=O) groups is 2. The van der Waals surface area contributed by atoms with Crippen molar-refractivity contribution >= 4 is 28.6 Å². The SMILES string of the molecule is COC(=O)/C=C/CCNC(=O)C1CCCN1c1ncnc2ccccc12. The zero-order valence-corrected chi connectivity index (χ0v) is 14.7. The van der Waals surface area contributed by atoms with Gasteiger partial charge in [-0.25, -0.2) is 14.8 Å². The molecule has 1 fully saturated rings. The van der Waals surface area contributed by atoms with E-state index < -0.39 is 5.97 Å². The first kappa shape index (κ1) is 17.8. The Labute approximate surface area is 152 Å². The first-order valence-corrected chi connectivity index (χ1v) is 8.69. The van der Waals surface area contributed by atoms with E-state index in [-0.39, 0.29) is 11.9 Å². The van der Waals surface area contributed by atoms with Gasteiger partial charge in [0, 0.05) is 24.6 Å². The van der Waals surface area contributed by atoms with E-state index in [0.29, 0.717) is 13.0 Å². The number of ether oxygens (including phenoxy) is 1.